The molecular weight excluding hydrogens is 266 g/mol. The molecule has 4 nitrogen and oxygen atoms in total. The van der Waals surface area contributed by atoms with Gasteiger partial charge in [0.25, 0.3) is 0 Å². The Morgan fingerprint density at radius 2 is 1.95 bits per heavy atom. The van der Waals surface area contributed by atoms with E-state index in [9.17, 15) is 9.59 Å². The number of hydrogen-bond acceptors (Lipinski definition) is 2. The first-order valence-corrected chi connectivity index (χ1v) is 7.54. The van der Waals surface area contributed by atoms with E-state index in [-0.39, 0.29) is 24.3 Å². The number of carbonyl (C=O) groups excluding carboxylic acids is 1. The van der Waals surface area contributed by atoms with Gasteiger partial charge in [0, 0.05) is 12.5 Å². The number of carboxylic acids is 1. The monoisotopic (exact) mass is 289 g/mol. The highest BCUT2D eigenvalue weighted by Gasteiger charge is 2.29. The van der Waals surface area contributed by atoms with Crippen molar-refractivity contribution in [3.63, 3.8) is 0 Å². The lowest BCUT2D eigenvalue weighted by atomic mass is 9.83. The lowest BCUT2D eigenvalue weighted by molar-refractivity contribution is -0.146. The second-order valence-electron chi connectivity index (χ2n) is 6.21. The van der Waals surface area contributed by atoms with Gasteiger partial charge in [0.05, 0.1) is 0 Å². The Kier molecular flexibility index (Phi) is 4.99. The van der Waals surface area contributed by atoms with E-state index in [1.165, 1.54) is 16.0 Å². The Morgan fingerprint density at radius 3 is 2.57 bits per heavy atom. The van der Waals surface area contributed by atoms with Crippen LogP contribution in [0, 0.1) is 11.8 Å². The molecule has 0 saturated carbocycles. The summed E-state index contributed by atoms with van der Waals surface area (Å²) in [5.41, 5.74) is 2.54. The lowest BCUT2D eigenvalue weighted by Gasteiger charge is -2.30. The molecule has 1 amide bonds. The van der Waals surface area contributed by atoms with Crippen LogP contribution in [0.1, 0.15) is 31.4 Å². The fourth-order valence-corrected chi connectivity index (χ4v) is 3.00. The summed E-state index contributed by atoms with van der Waals surface area (Å²) >= 11 is 0. The molecule has 1 N–H and O–H groups in total. The molecule has 0 radical (unpaired) electrons. The predicted molar refractivity (Wildman–Crippen MR) is 81.0 cm³/mol. The highest BCUT2D eigenvalue weighted by Crippen LogP contribution is 2.27. The van der Waals surface area contributed by atoms with Crippen LogP contribution in [0.15, 0.2) is 24.3 Å². The van der Waals surface area contributed by atoms with Crippen molar-refractivity contribution in [1.82, 2.24) is 4.90 Å². The largest absolute Gasteiger partial charge is 0.480 e. The summed E-state index contributed by atoms with van der Waals surface area (Å²) in [6.45, 7) is 4.30. The van der Waals surface area contributed by atoms with Crippen molar-refractivity contribution in [2.45, 2.75) is 33.1 Å². The summed E-state index contributed by atoms with van der Waals surface area (Å²) in [5.74, 6) is -0.775. The molecule has 21 heavy (non-hydrogen) atoms. The van der Waals surface area contributed by atoms with Crippen LogP contribution in [0.2, 0.25) is 0 Å². The number of carboxylic acid groups (broad SMARTS) is 1. The fourth-order valence-electron chi connectivity index (χ4n) is 3.00. The molecule has 0 heterocycles. The van der Waals surface area contributed by atoms with E-state index >= 15 is 0 Å². The second-order valence-corrected chi connectivity index (χ2v) is 6.21. The van der Waals surface area contributed by atoms with E-state index in [2.05, 4.69) is 12.1 Å². The highest BCUT2D eigenvalue weighted by molar-refractivity contribution is 5.83. The van der Waals surface area contributed by atoms with E-state index in [0.717, 1.165) is 19.3 Å². The first-order chi connectivity index (χ1) is 9.97. The minimum atomic E-state index is -0.944. The number of hydrogen-bond donors (Lipinski definition) is 1. The Morgan fingerprint density at radius 1 is 1.29 bits per heavy atom. The minimum absolute atomic E-state index is 0.0133. The zero-order valence-electron chi connectivity index (χ0n) is 12.7. The van der Waals surface area contributed by atoms with Gasteiger partial charge in [0.1, 0.15) is 6.54 Å². The maximum absolute atomic E-state index is 12.6. The Hall–Kier alpha value is -1.84. The molecule has 0 fully saturated rings. The standard InChI is InChI=1S/C17H23NO3/c1-12(2)10-18(11-16(19)20)17(21)15-8-7-13-5-3-4-6-14(13)9-15/h3-6,12,15H,7-11H2,1-2H3,(H,19,20). The molecule has 0 aliphatic heterocycles. The Balaban J connectivity index is 2.09. The normalized spacial score (nSPS) is 17.4. The van der Waals surface area contributed by atoms with E-state index in [1.54, 1.807) is 0 Å². The van der Waals surface area contributed by atoms with Gasteiger partial charge in [-0.15, -0.1) is 0 Å². The number of fused-ring (bicyclic) bond motifs is 1. The van der Waals surface area contributed by atoms with Crippen LogP contribution in [0.3, 0.4) is 0 Å². The van der Waals surface area contributed by atoms with Crippen LogP contribution in [0.25, 0.3) is 0 Å². The van der Waals surface area contributed by atoms with Gasteiger partial charge in [0.15, 0.2) is 0 Å². The molecule has 0 bridgehead atoms. The van der Waals surface area contributed by atoms with Gasteiger partial charge in [-0.25, -0.2) is 0 Å². The van der Waals surface area contributed by atoms with Gasteiger partial charge in [0.2, 0.25) is 5.91 Å². The van der Waals surface area contributed by atoms with E-state index in [1.807, 2.05) is 26.0 Å². The SMILES string of the molecule is CC(C)CN(CC(=O)O)C(=O)C1CCc2ccccc2C1. The van der Waals surface area contributed by atoms with Gasteiger partial charge in [-0.1, -0.05) is 38.1 Å². The average molecular weight is 289 g/mol. The Bertz CT molecular complexity index is 525. The second kappa shape index (κ2) is 6.74. The molecule has 4 heteroatoms. The van der Waals surface area contributed by atoms with Crippen LogP contribution >= 0.6 is 0 Å². The van der Waals surface area contributed by atoms with Crippen molar-refractivity contribution in [3.8, 4) is 0 Å². The third-order valence-corrected chi connectivity index (χ3v) is 3.92. The van der Waals surface area contributed by atoms with Crippen molar-refractivity contribution in [3.05, 3.63) is 35.4 Å². The van der Waals surface area contributed by atoms with Gasteiger partial charge >= 0.3 is 5.97 Å². The van der Waals surface area contributed by atoms with E-state index in [0.29, 0.717) is 6.54 Å². The molecule has 114 valence electrons. The third kappa shape index (κ3) is 4.06. The van der Waals surface area contributed by atoms with Gasteiger partial charge < -0.3 is 10.0 Å². The molecular formula is C17H23NO3. The number of carbonyl (C=O) groups is 2. The number of rotatable bonds is 5. The Labute approximate surface area is 125 Å². The van der Waals surface area contributed by atoms with Crippen LogP contribution in [-0.4, -0.2) is 35.0 Å². The molecule has 1 atom stereocenters. The summed E-state index contributed by atoms with van der Waals surface area (Å²) < 4.78 is 0. The molecule has 0 aromatic heterocycles. The van der Waals surface area contributed by atoms with Gasteiger partial charge in [-0.3, -0.25) is 9.59 Å². The van der Waals surface area contributed by atoms with Crippen molar-refractivity contribution < 1.29 is 14.7 Å². The molecule has 1 aromatic rings. The average Bonchev–Trinajstić information content (AvgIpc) is 2.44. The maximum Gasteiger partial charge on any atom is 0.323 e. The fraction of sp³-hybridized carbons (Fsp3) is 0.529. The van der Waals surface area contributed by atoms with Gasteiger partial charge in [-0.05, 0) is 36.3 Å². The minimum Gasteiger partial charge on any atom is -0.480 e. The summed E-state index contributed by atoms with van der Waals surface area (Å²) in [7, 11) is 0. The molecule has 1 aliphatic rings. The smallest absolute Gasteiger partial charge is 0.323 e. The quantitative estimate of drug-likeness (QED) is 0.905. The van der Waals surface area contributed by atoms with Crippen LogP contribution < -0.4 is 0 Å². The van der Waals surface area contributed by atoms with Crippen molar-refractivity contribution in [2.75, 3.05) is 13.1 Å². The molecule has 1 aromatic carbocycles. The molecule has 2 rings (SSSR count). The zero-order valence-corrected chi connectivity index (χ0v) is 12.7. The summed E-state index contributed by atoms with van der Waals surface area (Å²) in [4.78, 5) is 25.1. The molecule has 0 saturated heterocycles. The number of benzene rings is 1. The lowest BCUT2D eigenvalue weighted by Crippen LogP contribution is -2.43. The van der Waals surface area contributed by atoms with Gasteiger partial charge in [-0.2, -0.15) is 0 Å². The molecule has 1 unspecified atom stereocenters. The van der Waals surface area contributed by atoms with Crippen molar-refractivity contribution in [2.24, 2.45) is 11.8 Å². The number of amides is 1. The number of aliphatic carboxylic acids is 1. The van der Waals surface area contributed by atoms with Crippen LogP contribution in [0.5, 0.6) is 0 Å². The molecule has 0 spiro atoms. The van der Waals surface area contributed by atoms with Crippen molar-refractivity contribution >= 4 is 11.9 Å². The predicted octanol–water partition coefficient (Wildman–Crippen LogP) is 2.36. The first kappa shape index (κ1) is 15.5. The summed E-state index contributed by atoms with van der Waals surface area (Å²) in [5, 5.41) is 9.01. The van der Waals surface area contributed by atoms with Crippen molar-refractivity contribution in [1.29, 1.82) is 0 Å². The topological polar surface area (TPSA) is 57.6 Å². The number of nitrogens with zero attached hydrogens (tertiary/aromatic N) is 1. The van der Waals surface area contributed by atoms with E-state index in [4.69, 9.17) is 5.11 Å². The zero-order chi connectivity index (χ0) is 15.4. The highest BCUT2D eigenvalue weighted by atomic mass is 16.4. The number of aryl methyl sites for hydroxylation is 1. The maximum atomic E-state index is 12.6. The summed E-state index contributed by atoms with van der Waals surface area (Å²) in [6.07, 6.45) is 2.43. The summed E-state index contributed by atoms with van der Waals surface area (Å²) in [6, 6.07) is 8.20. The van der Waals surface area contributed by atoms with E-state index < -0.39 is 5.97 Å². The molecule has 1 aliphatic carbocycles. The third-order valence-electron chi connectivity index (χ3n) is 3.92. The first-order valence-electron chi connectivity index (χ1n) is 7.54. The van der Waals surface area contributed by atoms with Crippen LogP contribution in [-0.2, 0) is 22.4 Å². The van der Waals surface area contributed by atoms with Crippen LogP contribution in [0.4, 0.5) is 0 Å².